The number of benzene rings is 1. The van der Waals surface area contributed by atoms with Gasteiger partial charge in [0.05, 0.1) is 13.7 Å². The number of hydrogen-bond acceptors (Lipinski definition) is 4. The van der Waals surface area contributed by atoms with Crippen molar-refractivity contribution < 1.29 is 14.3 Å². The highest BCUT2D eigenvalue weighted by Gasteiger charge is 2.17. The molecule has 4 nitrogen and oxygen atoms in total. The van der Waals surface area contributed by atoms with Crippen LogP contribution in [0, 0.1) is 13.8 Å². The molecule has 1 rings (SSSR count). The monoisotopic (exact) mass is 265 g/mol. The molecule has 1 unspecified atom stereocenters. The lowest BCUT2D eigenvalue weighted by atomic mass is 10.1. The molecule has 0 aromatic heterocycles. The van der Waals surface area contributed by atoms with Gasteiger partial charge in [-0.25, -0.2) is 0 Å². The highest BCUT2D eigenvalue weighted by molar-refractivity contribution is 5.75. The molecule has 1 aromatic carbocycles. The number of ether oxygens (including phenoxy) is 2. The minimum absolute atomic E-state index is 0.245. The smallest absolute Gasteiger partial charge is 0.322 e. The van der Waals surface area contributed by atoms with E-state index in [0.717, 1.165) is 12.3 Å². The summed E-state index contributed by atoms with van der Waals surface area (Å²) in [6, 6.07) is 5.78. The molecule has 1 aromatic rings. The summed E-state index contributed by atoms with van der Waals surface area (Å²) in [5.41, 5.74) is 2.34. The van der Waals surface area contributed by atoms with Gasteiger partial charge in [0.15, 0.2) is 0 Å². The molecule has 0 aliphatic heterocycles. The normalized spacial score (nSPS) is 12.0. The first kappa shape index (κ1) is 15.5. The highest BCUT2D eigenvalue weighted by atomic mass is 16.5. The van der Waals surface area contributed by atoms with Crippen LogP contribution in [0.25, 0.3) is 0 Å². The van der Waals surface area contributed by atoms with E-state index in [-0.39, 0.29) is 12.0 Å². The number of aryl methyl sites for hydroxylation is 2. The molecule has 0 radical (unpaired) electrons. The third kappa shape index (κ3) is 5.30. The van der Waals surface area contributed by atoms with Gasteiger partial charge in [-0.05, 0) is 43.7 Å². The molecule has 0 amide bonds. The van der Waals surface area contributed by atoms with Gasteiger partial charge >= 0.3 is 5.97 Å². The summed E-state index contributed by atoms with van der Waals surface area (Å²) in [7, 11) is 1.40. The Morgan fingerprint density at radius 3 is 2.42 bits per heavy atom. The molecule has 1 N–H and O–H groups in total. The molecule has 0 spiro atoms. The molecule has 0 heterocycles. The van der Waals surface area contributed by atoms with Crippen LogP contribution in [-0.4, -0.2) is 32.3 Å². The van der Waals surface area contributed by atoms with Gasteiger partial charge < -0.3 is 14.8 Å². The maximum absolute atomic E-state index is 11.5. The third-order valence-corrected chi connectivity index (χ3v) is 2.81. The van der Waals surface area contributed by atoms with E-state index < -0.39 is 0 Å². The lowest BCUT2D eigenvalue weighted by Crippen LogP contribution is -2.38. The minimum Gasteiger partial charge on any atom is -0.494 e. The van der Waals surface area contributed by atoms with Crippen LogP contribution in [0.3, 0.4) is 0 Å². The van der Waals surface area contributed by atoms with Crippen molar-refractivity contribution in [3.05, 3.63) is 29.3 Å². The second-order valence-electron chi connectivity index (χ2n) is 4.59. The molecule has 0 fully saturated rings. The number of methoxy groups -OCH3 is 1. The van der Waals surface area contributed by atoms with Crippen molar-refractivity contribution in [2.75, 3.05) is 20.3 Å². The molecular formula is C15H23NO3. The number of rotatable bonds is 7. The van der Waals surface area contributed by atoms with E-state index >= 15 is 0 Å². The molecule has 0 saturated carbocycles. The fraction of sp³-hybridized carbons (Fsp3) is 0.533. The van der Waals surface area contributed by atoms with Gasteiger partial charge in [-0.2, -0.15) is 0 Å². The van der Waals surface area contributed by atoms with Gasteiger partial charge in [0.25, 0.3) is 0 Å². The first-order valence-electron chi connectivity index (χ1n) is 6.59. The maximum atomic E-state index is 11.5. The van der Waals surface area contributed by atoms with E-state index in [4.69, 9.17) is 9.47 Å². The second-order valence-corrected chi connectivity index (χ2v) is 4.59. The summed E-state index contributed by atoms with van der Waals surface area (Å²) in [6.45, 7) is 7.24. The van der Waals surface area contributed by atoms with Crippen molar-refractivity contribution >= 4 is 5.97 Å². The largest absolute Gasteiger partial charge is 0.494 e. The van der Waals surface area contributed by atoms with Crippen LogP contribution >= 0.6 is 0 Å². The van der Waals surface area contributed by atoms with Crippen LogP contribution in [0.2, 0.25) is 0 Å². The van der Waals surface area contributed by atoms with Gasteiger partial charge in [0, 0.05) is 6.42 Å². The first-order valence-corrected chi connectivity index (χ1v) is 6.59. The van der Waals surface area contributed by atoms with Crippen molar-refractivity contribution in [2.24, 2.45) is 0 Å². The summed E-state index contributed by atoms with van der Waals surface area (Å²) in [5, 5.41) is 3.09. The Morgan fingerprint density at radius 1 is 1.26 bits per heavy atom. The van der Waals surface area contributed by atoms with Crippen molar-refractivity contribution in [1.82, 2.24) is 5.32 Å². The molecule has 19 heavy (non-hydrogen) atoms. The van der Waals surface area contributed by atoms with Crippen LogP contribution in [0.15, 0.2) is 18.2 Å². The average Bonchev–Trinajstić information content (AvgIpc) is 2.35. The van der Waals surface area contributed by atoms with Crippen molar-refractivity contribution in [3.63, 3.8) is 0 Å². The predicted molar refractivity (Wildman–Crippen MR) is 75.5 cm³/mol. The van der Waals surface area contributed by atoms with E-state index in [1.165, 1.54) is 18.2 Å². The molecule has 0 aliphatic rings. The number of likely N-dealkylation sites (N-methyl/N-ethyl adjacent to an activating group) is 1. The van der Waals surface area contributed by atoms with Crippen LogP contribution in [0.1, 0.15) is 24.5 Å². The Balaban J connectivity index is 2.49. The molecule has 106 valence electrons. The second kappa shape index (κ2) is 7.79. The minimum atomic E-state index is -0.305. The lowest BCUT2D eigenvalue weighted by Gasteiger charge is -2.16. The molecular weight excluding hydrogens is 242 g/mol. The number of carbonyl (C=O) groups excluding carboxylic acids is 1. The Bertz CT molecular complexity index is 398. The Labute approximate surface area is 115 Å². The SMILES string of the molecule is CCNC(CCOc1cc(C)cc(C)c1)C(=O)OC. The van der Waals surface area contributed by atoms with E-state index in [9.17, 15) is 4.79 Å². The summed E-state index contributed by atoms with van der Waals surface area (Å²) < 4.78 is 10.4. The van der Waals surface area contributed by atoms with Gasteiger partial charge in [0.1, 0.15) is 11.8 Å². The number of carbonyl (C=O) groups is 1. The Hall–Kier alpha value is -1.55. The zero-order valence-electron chi connectivity index (χ0n) is 12.2. The van der Waals surface area contributed by atoms with Gasteiger partial charge in [-0.1, -0.05) is 13.0 Å². The topological polar surface area (TPSA) is 47.6 Å². The molecule has 0 bridgehead atoms. The van der Waals surface area contributed by atoms with E-state index in [1.54, 1.807) is 0 Å². The molecule has 0 aliphatic carbocycles. The lowest BCUT2D eigenvalue weighted by molar-refractivity contribution is -0.143. The summed E-state index contributed by atoms with van der Waals surface area (Å²) in [5.74, 6) is 0.600. The predicted octanol–water partition coefficient (Wildman–Crippen LogP) is 2.22. The van der Waals surface area contributed by atoms with Crippen LogP contribution < -0.4 is 10.1 Å². The first-order chi connectivity index (χ1) is 9.06. The van der Waals surface area contributed by atoms with Crippen LogP contribution in [-0.2, 0) is 9.53 Å². The summed E-state index contributed by atoms with van der Waals surface area (Å²) in [4.78, 5) is 11.5. The van der Waals surface area contributed by atoms with Crippen LogP contribution in [0.5, 0.6) is 5.75 Å². The number of esters is 1. The number of nitrogens with one attached hydrogen (secondary N) is 1. The maximum Gasteiger partial charge on any atom is 0.322 e. The summed E-state index contributed by atoms with van der Waals surface area (Å²) >= 11 is 0. The Kier molecular flexibility index (Phi) is 6.36. The van der Waals surface area contributed by atoms with Gasteiger partial charge in [-0.3, -0.25) is 4.79 Å². The quantitative estimate of drug-likeness (QED) is 0.768. The zero-order valence-corrected chi connectivity index (χ0v) is 12.2. The standard InChI is InChI=1S/C15H23NO3/c1-5-16-14(15(17)18-4)6-7-19-13-9-11(2)8-12(3)10-13/h8-10,14,16H,5-7H2,1-4H3. The van der Waals surface area contributed by atoms with Crippen molar-refractivity contribution in [2.45, 2.75) is 33.2 Å². The number of hydrogen-bond donors (Lipinski definition) is 1. The molecule has 4 heteroatoms. The molecule has 0 saturated heterocycles. The molecule has 1 atom stereocenters. The summed E-state index contributed by atoms with van der Waals surface area (Å²) in [6.07, 6.45) is 0.591. The highest BCUT2D eigenvalue weighted by Crippen LogP contribution is 2.16. The fourth-order valence-corrected chi connectivity index (χ4v) is 2.00. The fourth-order valence-electron chi connectivity index (χ4n) is 2.00. The van der Waals surface area contributed by atoms with E-state index in [1.807, 2.05) is 32.9 Å². The van der Waals surface area contributed by atoms with Gasteiger partial charge in [-0.15, -0.1) is 0 Å². The van der Waals surface area contributed by atoms with Crippen molar-refractivity contribution in [3.8, 4) is 5.75 Å². The Morgan fingerprint density at radius 2 is 1.89 bits per heavy atom. The average molecular weight is 265 g/mol. The third-order valence-electron chi connectivity index (χ3n) is 2.81. The van der Waals surface area contributed by atoms with Gasteiger partial charge in [0.2, 0.25) is 0 Å². The zero-order chi connectivity index (χ0) is 14.3. The van der Waals surface area contributed by atoms with E-state index in [2.05, 4.69) is 11.4 Å². The van der Waals surface area contributed by atoms with Crippen molar-refractivity contribution in [1.29, 1.82) is 0 Å². The van der Waals surface area contributed by atoms with Crippen LogP contribution in [0.4, 0.5) is 0 Å². The van der Waals surface area contributed by atoms with E-state index in [0.29, 0.717) is 13.0 Å².